The number of anilines is 1. The molecule has 0 saturated heterocycles. The van der Waals surface area contributed by atoms with E-state index in [1.807, 2.05) is 0 Å². The van der Waals surface area contributed by atoms with Crippen LogP contribution in [0.4, 0.5) is 10.5 Å². The van der Waals surface area contributed by atoms with Crippen LogP contribution in [0.2, 0.25) is 0 Å². The molecule has 6 N–H and O–H groups in total. The summed E-state index contributed by atoms with van der Waals surface area (Å²) in [5.41, 5.74) is 11.4. The highest BCUT2D eigenvalue weighted by molar-refractivity contribution is 6.04. The van der Waals surface area contributed by atoms with E-state index in [0.717, 1.165) is 0 Å². The van der Waals surface area contributed by atoms with Gasteiger partial charge in [-0.05, 0) is 50.2 Å². The normalized spacial score (nSPS) is 12.9. The number of hydrogen-bond acceptors (Lipinski definition) is 4. The number of nitrogens with one attached hydrogen (secondary N) is 1. The summed E-state index contributed by atoms with van der Waals surface area (Å²) in [6.07, 6.45) is -0.548. The van der Waals surface area contributed by atoms with E-state index in [1.54, 1.807) is 45.0 Å². The molecular formula is C13H19N5O3. The maximum atomic E-state index is 11.6. The number of guanidine groups is 1. The molecule has 0 aromatic heterocycles. The van der Waals surface area contributed by atoms with Crippen LogP contribution in [0.5, 0.6) is 0 Å². The van der Waals surface area contributed by atoms with Crippen molar-refractivity contribution in [1.82, 2.24) is 0 Å². The second kappa shape index (κ2) is 6.60. The summed E-state index contributed by atoms with van der Waals surface area (Å²) in [5, 5.41) is 13.7. The molecule has 1 aromatic rings. The lowest BCUT2D eigenvalue weighted by Gasteiger charge is -2.19. The number of oxime groups is 1. The SMILES string of the molecule is CC(C)(C)OC(=O)Nc1ccc(/C(N)=N\C(N)=N\O)cc1. The van der Waals surface area contributed by atoms with Crippen LogP contribution in [0.1, 0.15) is 26.3 Å². The number of carbonyl (C=O) groups is 1. The largest absolute Gasteiger partial charge is 0.444 e. The highest BCUT2D eigenvalue weighted by Crippen LogP contribution is 2.12. The molecule has 8 nitrogen and oxygen atoms in total. The molecule has 1 aromatic carbocycles. The first-order valence-electron chi connectivity index (χ1n) is 6.13. The average Bonchev–Trinajstić information content (AvgIpc) is 2.36. The van der Waals surface area contributed by atoms with E-state index in [2.05, 4.69) is 15.5 Å². The van der Waals surface area contributed by atoms with Gasteiger partial charge in [0.05, 0.1) is 0 Å². The predicted molar refractivity (Wildman–Crippen MR) is 80.4 cm³/mol. The van der Waals surface area contributed by atoms with Crippen molar-refractivity contribution in [3.05, 3.63) is 29.8 Å². The molecule has 114 valence electrons. The predicted octanol–water partition coefficient (Wildman–Crippen LogP) is 1.44. The lowest BCUT2D eigenvalue weighted by molar-refractivity contribution is 0.0636. The van der Waals surface area contributed by atoms with Crippen LogP contribution in [0, 0.1) is 0 Å². The molecule has 1 amide bonds. The van der Waals surface area contributed by atoms with Crippen LogP contribution in [0.3, 0.4) is 0 Å². The van der Waals surface area contributed by atoms with Gasteiger partial charge in [0, 0.05) is 11.3 Å². The van der Waals surface area contributed by atoms with Crippen molar-refractivity contribution in [3.63, 3.8) is 0 Å². The molecule has 0 bridgehead atoms. The molecule has 1 rings (SSSR count). The number of hydrogen-bond donors (Lipinski definition) is 4. The molecule has 0 atom stereocenters. The van der Waals surface area contributed by atoms with Gasteiger partial charge in [-0.3, -0.25) is 5.32 Å². The van der Waals surface area contributed by atoms with Crippen molar-refractivity contribution in [2.75, 3.05) is 5.32 Å². The Morgan fingerprint density at radius 2 is 1.81 bits per heavy atom. The fourth-order valence-corrected chi connectivity index (χ4v) is 1.36. The Kier molecular flexibility index (Phi) is 5.12. The molecule has 0 fully saturated rings. The van der Waals surface area contributed by atoms with Crippen LogP contribution in [-0.2, 0) is 4.74 Å². The van der Waals surface area contributed by atoms with Crippen molar-refractivity contribution >= 4 is 23.6 Å². The molecule has 0 aliphatic carbocycles. The minimum atomic E-state index is -0.567. The van der Waals surface area contributed by atoms with Crippen LogP contribution in [-0.4, -0.2) is 28.7 Å². The van der Waals surface area contributed by atoms with Gasteiger partial charge < -0.3 is 21.4 Å². The third kappa shape index (κ3) is 5.81. The highest BCUT2D eigenvalue weighted by Gasteiger charge is 2.16. The maximum absolute atomic E-state index is 11.6. The zero-order valence-corrected chi connectivity index (χ0v) is 12.1. The number of aliphatic imine (C=N–C) groups is 1. The third-order valence-corrected chi connectivity index (χ3v) is 2.16. The van der Waals surface area contributed by atoms with E-state index >= 15 is 0 Å². The Morgan fingerprint density at radius 1 is 1.24 bits per heavy atom. The first kappa shape index (κ1) is 16.3. The fourth-order valence-electron chi connectivity index (χ4n) is 1.36. The summed E-state index contributed by atoms with van der Waals surface area (Å²) < 4.78 is 5.13. The van der Waals surface area contributed by atoms with E-state index in [-0.39, 0.29) is 11.8 Å². The maximum Gasteiger partial charge on any atom is 0.412 e. The lowest BCUT2D eigenvalue weighted by Crippen LogP contribution is -2.27. The number of benzene rings is 1. The summed E-state index contributed by atoms with van der Waals surface area (Å²) in [6.45, 7) is 5.33. The van der Waals surface area contributed by atoms with Gasteiger partial charge in [-0.1, -0.05) is 0 Å². The average molecular weight is 293 g/mol. The molecular weight excluding hydrogens is 274 g/mol. The second-order valence-electron chi connectivity index (χ2n) is 5.16. The number of rotatable bonds is 2. The molecule has 0 heterocycles. The van der Waals surface area contributed by atoms with Crippen molar-refractivity contribution in [3.8, 4) is 0 Å². The summed E-state index contributed by atoms with van der Waals surface area (Å²) in [5.74, 6) is -0.252. The van der Waals surface area contributed by atoms with Crippen LogP contribution in [0.15, 0.2) is 34.4 Å². The monoisotopic (exact) mass is 293 g/mol. The minimum Gasteiger partial charge on any atom is -0.444 e. The van der Waals surface area contributed by atoms with E-state index in [1.165, 1.54) is 0 Å². The lowest BCUT2D eigenvalue weighted by atomic mass is 10.2. The fraction of sp³-hybridized carbons (Fsp3) is 0.308. The molecule has 0 aliphatic heterocycles. The Labute approximate surface area is 122 Å². The van der Waals surface area contributed by atoms with Gasteiger partial charge in [0.15, 0.2) is 0 Å². The molecule has 0 radical (unpaired) electrons. The van der Waals surface area contributed by atoms with Crippen molar-refractivity contribution in [1.29, 1.82) is 0 Å². The molecule has 0 aliphatic rings. The first-order chi connectivity index (χ1) is 9.71. The number of nitrogens with zero attached hydrogens (tertiary/aromatic N) is 2. The summed E-state index contributed by atoms with van der Waals surface area (Å²) in [6, 6.07) is 6.54. The second-order valence-corrected chi connectivity index (χ2v) is 5.16. The quantitative estimate of drug-likeness (QED) is 0.283. The van der Waals surface area contributed by atoms with E-state index < -0.39 is 11.7 Å². The van der Waals surface area contributed by atoms with E-state index in [9.17, 15) is 4.79 Å². The van der Waals surface area contributed by atoms with Gasteiger partial charge in [-0.25, -0.2) is 4.79 Å². The number of amidine groups is 1. The number of nitrogens with two attached hydrogens (primary N) is 2. The number of carbonyl (C=O) groups excluding carboxylic acids is 1. The van der Waals surface area contributed by atoms with E-state index in [0.29, 0.717) is 11.3 Å². The standard InChI is InChI=1S/C13H19N5O3/c1-13(2,3)21-12(19)16-9-6-4-8(5-7-9)10(14)17-11(15)18-20/h4-7,20H,1-3H3,(H,16,19)(H4,14,15,17,18). The Morgan fingerprint density at radius 3 is 2.29 bits per heavy atom. The minimum absolute atomic E-state index is 0.0918. The molecule has 0 saturated carbocycles. The smallest absolute Gasteiger partial charge is 0.412 e. The molecule has 0 unspecified atom stereocenters. The zero-order chi connectivity index (χ0) is 16.0. The van der Waals surface area contributed by atoms with Crippen molar-refractivity contribution in [2.45, 2.75) is 26.4 Å². The van der Waals surface area contributed by atoms with Crippen LogP contribution >= 0.6 is 0 Å². The summed E-state index contributed by atoms with van der Waals surface area (Å²) in [4.78, 5) is 15.3. The van der Waals surface area contributed by atoms with E-state index in [4.69, 9.17) is 21.4 Å². The van der Waals surface area contributed by atoms with Gasteiger partial charge >= 0.3 is 6.09 Å². The van der Waals surface area contributed by atoms with Gasteiger partial charge in [0.1, 0.15) is 11.4 Å². The number of amides is 1. The van der Waals surface area contributed by atoms with Crippen molar-refractivity contribution < 1.29 is 14.7 Å². The summed E-state index contributed by atoms with van der Waals surface area (Å²) >= 11 is 0. The van der Waals surface area contributed by atoms with Crippen LogP contribution in [0.25, 0.3) is 0 Å². The zero-order valence-electron chi connectivity index (χ0n) is 12.1. The van der Waals surface area contributed by atoms with Gasteiger partial charge in [0.2, 0.25) is 0 Å². The van der Waals surface area contributed by atoms with Gasteiger partial charge in [-0.15, -0.1) is 0 Å². The topological polar surface area (TPSA) is 135 Å². The van der Waals surface area contributed by atoms with Crippen molar-refractivity contribution in [2.24, 2.45) is 21.6 Å². The Bertz CT molecular complexity index is 558. The Balaban J connectivity index is 2.75. The summed E-state index contributed by atoms with van der Waals surface area (Å²) in [7, 11) is 0. The molecule has 8 heteroatoms. The third-order valence-electron chi connectivity index (χ3n) is 2.16. The molecule has 21 heavy (non-hydrogen) atoms. The first-order valence-corrected chi connectivity index (χ1v) is 6.13. The van der Waals surface area contributed by atoms with Crippen LogP contribution < -0.4 is 16.8 Å². The van der Waals surface area contributed by atoms with Gasteiger partial charge in [0.25, 0.3) is 5.96 Å². The van der Waals surface area contributed by atoms with Gasteiger partial charge in [-0.2, -0.15) is 4.99 Å². The highest BCUT2D eigenvalue weighted by atomic mass is 16.6. The molecule has 0 spiro atoms. The Hall–Kier alpha value is -2.77. The number of ether oxygens (including phenoxy) is 1.